The Hall–Kier alpha value is -1.65. The van der Waals surface area contributed by atoms with Crippen LogP contribution in [0.4, 0.5) is 0 Å². The maximum Gasteiger partial charge on any atom is 0.138 e. The number of hydrogen-bond acceptors (Lipinski definition) is 3. The molecule has 0 aliphatic carbocycles. The molecule has 4 nitrogen and oxygen atoms in total. The normalized spacial score (nSPS) is 12.6. The number of nitrogens with zero attached hydrogens (tertiary/aromatic N) is 2. The van der Waals surface area contributed by atoms with Crippen molar-refractivity contribution >= 4 is 0 Å². The van der Waals surface area contributed by atoms with E-state index in [4.69, 9.17) is 4.74 Å². The van der Waals surface area contributed by atoms with Gasteiger partial charge in [-0.2, -0.15) is 0 Å². The van der Waals surface area contributed by atoms with E-state index >= 15 is 0 Å². The summed E-state index contributed by atoms with van der Waals surface area (Å²) in [7, 11) is 1.66. The second kappa shape index (κ2) is 5.61. The van der Waals surface area contributed by atoms with Crippen LogP contribution in [0.25, 0.3) is 0 Å². The molecule has 0 saturated carbocycles. The largest absolute Gasteiger partial charge is 0.390 e. The zero-order chi connectivity index (χ0) is 12.1. The standard InChI is InChI=1S/C13H16N2O2/c1-17-13(7-11-5-3-2-4-6-11)15-10-14-8-12(15)9-16/h2-6,8,10,13,16H,7,9H2,1H3. The molecule has 2 aromatic rings. The second-order valence-corrected chi connectivity index (χ2v) is 3.83. The van der Waals surface area contributed by atoms with E-state index < -0.39 is 0 Å². The highest BCUT2D eigenvalue weighted by molar-refractivity contribution is 5.15. The van der Waals surface area contributed by atoms with E-state index in [2.05, 4.69) is 17.1 Å². The molecule has 4 heteroatoms. The topological polar surface area (TPSA) is 47.3 Å². The number of aliphatic hydroxyl groups is 1. The van der Waals surface area contributed by atoms with Crippen LogP contribution in [0, 0.1) is 0 Å². The third-order valence-electron chi connectivity index (χ3n) is 2.74. The fourth-order valence-corrected chi connectivity index (χ4v) is 1.82. The van der Waals surface area contributed by atoms with E-state index in [1.165, 1.54) is 5.56 Å². The van der Waals surface area contributed by atoms with Gasteiger partial charge < -0.3 is 14.4 Å². The summed E-state index contributed by atoms with van der Waals surface area (Å²) in [5, 5.41) is 9.20. The Labute approximate surface area is 100 Å². The summed E-state index contributed by atoms with van der Waals surface area (Å²) in [4.78, 5) is 4.03. The summed E-state index contributed by atoms with van der Waals surface area (Å²) in [6.45, 7) is -0.0331. The zero-order valence-corrected chi connectivity index (χ0v) is 9.78. The molecule has 1 N–H and O–H groups in total. The third-order valence-corrected chi connectivity index (χ3v) is 2.74. The van der Waals surface area contributed by atoms with Crippen LogP contribution in [0.3, 0.4) is 0 Å². The van der Waals surface area contributed by atoms with Crippen molar-refractivity contribution in [3.63, 3.8) is 0 Å². The Morgan fingerprint density at radius 1 is 1.35 bits per heavy atom. The Morgan fingerprint density at radius 3 is 2.76 bits per heavy atom. The molecule has 0 radical (unpaired) electrons. The number of aromatic nitrogens is 2. The molecule has 0 spiro atoms. The minimum Gasteiger partial charge on any atom is -0.390 e. The van der Waals surface area contributed by atoms with E-state index in [1.807, 2.05) is 22.8 Å². The van der Waals surface area contributed by atoms with Crippen LogP contribution in [0.1, 0.15) is 17.5 Å². The molecule has 1 aromatic carbocycles. The number of benzene rings is 1. The lowest BCUT2D eigenvalue weighted by Gasteiger charge is -2.19. The summed E-state index contributed by atoms with van der Waals surface area (Å²) < 4.78 is 7.31. The first-order chi connectivity index (χ1) is 8.35. The molecule has 17 heavy (non-hydrogen) atoms. The lowest BCUT2D eigenvalue weighted by molar-refractivity contribution is 0.0395. The van der Waals surface area contributed by atoms with Gasteiger partial charge in [0.2, 0.25) is 0 Å². The summed E-state index contributed by atoms with van der Waals surface area (Å²) in [5.74, 6) is 0. The summed E-state index contributed by atoms with van der Waals surface area (Å²) in [5.41, 5.74) is 1.95. The molecule has 90 valence electrons. The highest BCUT2D eigenvalue weighted by atomic mass is 16.5. The van der Waals surface area contributed by atoms with Gasteiger partial charge in [-0.05, 0) is 5.56 Å². The van der Waals surface area contributed by atoms with Gasteiger partial charge in [-0.25, -0.2) is 4.98 Å². The molecule has 0 aliphatic heterocycles. The van der Waals surface area contributed by atoms with E-state index in [0.717, 1.165) is 12.1 Å². The van der Waals surface area contributed by atoms with Crippen LogP contribution in [0.2, 0.25) is 0 Å². The van der Waals surface area contributed by atoms with Gasteiger partial charge in [0.05, 0.1) is 24.8 Å². The zero-order valence-electron chi connectivity index (χ0n) is 9.78. The van der Waals surface area contributed by atoms with E-state index in [0.29, 0.717) is 0 Å². The van der Waals surface area contributed by atoms with Gasteiger partial charge >= 0.3 is 0 Å². The molecular formula is C13H16N2O2. The maximum absolute atomic E-state index is 9.20. The van der Waals surface area contributed by atoms with Crippen LogP contribution in [-0.4, -0.2) is 21.8 Å². The fourth-order valence-electron chi connectivity index (χ4n) is 1.82. The number of aliphatic hydroxyl groups excluding tert-OH is 1. The van der Waals surface area contributed by atoms with Gasteiger partial charge in [-0.15, -0.1) is 0 Å². The Balaban J connectivity index is 2.17. The number of imidazole rings is 1. The molecule has 0 aliphatic rings. The van der Waals surface area contributed by atoms with Crippen molar-refractivity contribution < 1.29 is 9.84 Å². The fraction of sp³-hybridized carbons (Fsp3) is 0.308. The van der Waals surface area contributed by atoms with Crippen LogP contribution < -0.4 is 0 Å². The maximum atomic E-state index is 9.20. The number of methoxy groups -OCH3 is 1. The van der Waals surface area contributed by atoms with Crippen LogP contribution in [0.5, 0.6) is 0 Å². The number of rotatable bonds is 5. The average Bonchev–Trinajstić information content (AvgIpc) is 2.85. The molecule has 0 saturated heterocycles. The molecule has 1 aromatic heterocycles. The molecular weight excluding hydrogens is 216 g/mol. The van der Waals surface area contributed by atoms with E-state index in [-0.39, 0.29) is 12.8 Å². The summed E-state index contributed by atoms with van der Waals surface area (Å²) in [6, 6.07) is 10.1. The Morgan fingerprint density at radius 2 is 2.12 bits per heavy atom. The number of hydrogen-bond donors (Lipinski definition) is 1. The van der Waals surface area contributed by atoms with Crippen molar-refractivity contribution in [2.45, 2.75) is 19.3 Å². The van der Waals surface area contributed by atoms with Crippen molar-refractivity contribution in [1.29, 1.82) is 0 Å². The van der Waals surface area contributed by atoms with Crippen molar-refractivity contribution in [1.82, 2.24) is 9.55 Å². The van der Waals surface area contributed by atoms with E-state index in [9.17, 15) is 5.11 Å². The third kappa shape index (κ3) is 2.72. The van der Waals surface area contributed by atoms with Crippen molar-refractivity contribution in [2.24, 2.45) is 0 Å². The summed E-state index contributed by atoms with van der Waals surface area (Å²) >= 11 is 0. The second-order valence-electron chi connectivity index (χ2n) is 3.83. The molecule has 2 rings (SSSR count). The smallest absolute Gasteiger partial charge is 0.138 e. The quantitative estimate of drug-likeness (QED) is 0.854. The van der Waals surface area contributed by atoms with Crippen LogP contribution in [0.15, 0.2) is 42.9 Å². The minimum absolute atomic E-state index is 0.0331. The van der Waals surface area contributed by atoms with Gasteiger partial charge in [-0.1, -0.05) is 30.3 Å². The lowest BCUT2D eigenvalue weighted by Crippen LogP contribution is -2.15. The predicted molar refractivity (Wildman–Crippen MR) is 64.3 cm³/mol. The average molecular weight is 232 g/mol. The molecule has 0 bridgehead atoms. The Kier molecular flexibility index (Phi) is 3.90. The molecule has 1 unspecified atom stereocenters. The highest BCUT2D eigenvalue weighted by Crippen LogP contribution is 2.17. The van der Waals surface area contributed by atoms with E-state index in [1.54, 1.807) is 19.6 Å². The molecule has 1 heterocycles. The van der Waals surface area contributed by atoms with Gasteiger partial charge in [0, 0.05) is 13.5 Å². The SMILES string of the molecule is COC(Cc1ccccc1)n1cncc1CO. The molecule has 1 atom stereocenters. The van der Waals surface area contributed by atoms with Gasteiger partial charge in [0.25, 0.3) is 0 Å². The van der Waals surface area contributed by atoms with Gasteiger partial charge in [0.1, 0.15) is 6.23 Å². The molecule has 0 fully saturated rings. The van der Waals surface area contributed by atoms with Crippen LogP contribution >= 0.6 is 0 Å². The van der Waals surface area contributed by atoms with Crippen molar-refractivity contribution in [2.75, 3.05) is 7.11 Å². The predicted octanol–water partition coefficient (Wildman–Crippen LogP) is 1.76. The van der Waals surface area contributed by atoms with Gasteiger partial charge in [-0.3, -0.25) is 0 Å². The molecule has 0 amide bonds. The van der Waals surface area contributed by atoms with Crippen molar-refractivity contribution in [3.8, 4) is 0 Å². The minimum atomic E-state index is -0.137. The first-order valence-corrected chi connectivity index (χ1v) is 5.53. The van der Waals surface area contributed by atoms with Gasteiger partial charge in [0.15, 0.2) is 0 Å². The monoisotopic (exact) mass is 232 g/mol. The Bertz CT molecular complexity index is 453. The van der Waals surface area contributed by atoms with Crippen molar-refractivity contribution in [3.05, 3.63) is 54.1 Å². The number of ether oxygens (including phenoxy) is 1. The lowest BCUT2D eigenvalue weighted by atomic mass is 10.1. The first kappa shape index (κ1) is 11.8. The summed E-state index contributed by atoms with van der Waals surface area (Å²) in [6.07, 6.45) is 3.95. The first-order valence-electron chi connectivity index (χ1n) is 5.53. The highest BCUT2D eigenvalue weighted by Gasteiger charge is 2.13. The van der Waals surface area contributed by atoms with Crippen LogP contribution in [-0.2, 0) is 17.8 Å².